The molecule has 6 nitrogen and oxygen atoms in total. The van der Waals surface area contributed by atoms with Crippen LogP contribution in [-0.4, -0.2) is 48.5 Å². The molecular weight excluding hydrogens is 387 g/mol. The minimum atomic E-state index is -0.572. The van der Waals surface area contributed by atoms with E-state index in [9.17, 15) is 14.0 Å². The van der Waals surface area contributed by atoms with Crippen molar-refractivity contribution in [1.82, 2.24) is 9.80 Å². The largest absolute Gasteiger partial charge is 0.494 e. The zero-order valence-electron chi connectivity index (χ0n) is 16.8. The number of amides is 1. The van der Waals surface area contributed by atoms with E-state index in [1.165, 1.54) is 12.1 Å². The molecule has 0 aliphatic carbocycles. The molecule has 1 fully saturated rings. The Morgan fingerprint density at radius 3 is 2.60 bits per heavy atom. The van der Waals surface area contributed by atoms with Crippen LogP contribution < -0.4 is 10.4 Å². The molecule has 0 bridgehead atoms. The van der Waals surface area contributed by atoms with E-state index in [1.807, 2.05) is 13.0 Å². The molecule has 156 valence electrons. The van der Waals surface area contributed by atoms with Crippen molar-refractivity contribution in [2.75, 3.05) is 32.8 Å². The number of hydrogen-bond donors (Lipinski definition) is 0. The summed E-state index contributed by atoms with van der Waals surface area (Å²) in [5.41, 5.74) is 0.730. The summed E-state index contributed by atoms with van der Waals surface area (Å²) in [4.78, 5) is 29.0. The maximum atomic E-state index is 13.9. The molecule has 1 aromatic heterocycles. The number of nitrogens with zero attached hydrogens (tertiary/aromatic N) is 2. The van der Waals surface area contributed by atoms with Crippen molar-refractivity contribution in [1.29, 1.82) is 0 Å². The third-order valence-corrected chi connectivity index (χ3v) is 5.27. The van der Waals surface area contributed by atoms with Crippen LogP contribution in [0.3, 0.4) is 0 Å². The Kier molecular flexibility index (Phi) is 5.81. The lowest BCUT2D eigenvalue weighted by atomic mass is 10.1. The Morgan fingerprint density at radius 2 is 1.87 bits per heavy atom. The highest BCUT2D eigenvalue weighted by Gasteiger charge is 2.25. The normalized spacial score (nSPS) is 14.8. The molecular formula is C23H23FN2O4. The van der Waals surface area contributed by atoms with Gasteiger partial charge in [0.15, 0.2) is 0 Å². The van der Waals surface area contributed by atoms with E-state index >= 15 is 0 Å². The van der Waals surface area contributed by atoms with Crippen LogP contribution in [0.1, 0.15) is 22.8 Å². The average molecular weight is 410 g/mol. The number of ether oxygens (including phenoxy) is 1. The van der Waals surface area contributed by atoms with Crippen molar-refractivity contribution < 1.29 is 18.3 Å². The van der Waals surface area contributed by atoms with Gasteiger partial charge in [-0.25, -0.2) is 9.18 Å². The number of carbonyl (C=O) groups excluding carboxylic acids is 1. The van der Waals surface area contributed by atoms with E-state index in [2.05, 4.69) is 4.90 Å². The predicted molar refractivity (Wildman–Crippen MR) is 111 cm³/mol. The van der Waals surface area contributed by atoms with Gasteiger partial charge >= 0.3 is 5.63 Å². The van der Waals surface area contributed by atoms with Gasteiger partial charge in [-0.1, -0.05) is 18.2 Å². The second kappa shape index (κ2) is 8.67. The quantitative estimate of drug-likeness (QED) is 0.604. The Morgan fingerprint density at radius 1 is 1.10 bits per heavy atom. The average Bonchev–Trinajstić information content (AvgIpc) is 2.75. The summed E-state index contributed by atoms with van der Waals surface area (Å²) in [5, 5.41) is 0.580. The highest BCUT2D eigenvalue weighted by Crippen LogP contribution is 2.24. The third-order valence-electron chi connectivity index (χ3n) is 5.27. The van der Waals surface area contributed by atoms with Crippen molar-refractivity contribution in [3.8, 4) is 5.75 Å². The summed E-state index contributed by atoms with van der Waals surface area (Å²) < 4.78 is 24.6. The molecule has 1 saturated heterocycles. The first-order valence-corrected chi connectivity index (χ1v) is 10.0. The van der Waals surface area contributed by atoms with E-state index in [0.717, 1.165) is 0 Å². The number of halogens is 1. The maximum Gasteiger partial charge on any atom is 0.337 e. The van der Waals surface area contributed by atoms with Gasteiger partial charge in [0.2, 0.25) is 0 Å². The highest BCUT2D eigenvalue weighted by atomic mass is 19.1. The lowest BCUT2D eigenvalue weighted by Crippen LogP contribution is -2.48. The standard InChI is InChI=1S/C23H23FN2O4/c1-2-29-17-7-8-18-19(14-22(27)30-21(18)13-17)23(28)26-11-9-25(10-12-26)15-16-5-3-4-6-20(16)24/h3-8,13-14H,2,9-12,15H2,1H3. The Hall–Kier alpha value is -3.19. The fourth-order valence-electron chi connectivity index (χ4n) is 3.72. The second-order valence-electron chi connectivity index (χ2n) is 7.23. The van der Waals surface area contributed by atoms with Crippen molar-refractivity contribution >= 4 is 16.9 Å². The zero-order chi connectivity index (χ0) is 21.1. The number of carbonyl (C=O) groups is 1. The topological polar surface area (TPSA) is 63.0 Å². The molecule has 4 rings (SSSR count). The smallest absolute Gasteiger partial charge is 0.337 e. The van der Waals surface area contributed by atoms with Gasteiger partial charge in [-0.05, 0) is 25.1 Å². The molecule has 1 aliphatic rings. The molecule has 0 unspecified atom stereocenters. The van der Waals surface area contributed by atoms with Crippen molar-refractivity contribution in [3.05, 3.63) is 75.9 Å². The van der Waals surface area contributed by atoms with E-state index in [-0.39, 0.29) is 11.7 Å². The van der Waals surface area contributed by atoms with Gasteiger partial charge in [-0.2, -0.15) is 0 Å². The fourth-order valence-corrected chi connectivity index (χ4v) is 3.72. The van der Waals surface area contributed by atoms with Gasteiger partial charge in [0.25, 0.3) is 5.91 Å². The molecule has 3 aromatic rings. The summed E-state index contributed by atoms with van der Waals surface area (Å²) in [6.45, 7) is 5.14. The second-order valence-corrected chi connectivity index (χ2v) is 7.23. The first-order valence-electron chi connectivity index (χ1n) is 10.0. The molecule has 0 spiro atoms. The molecule has 2 heterocycles. The van der Waals surface area contributed by atoms with Crippen LogP contribution >= 0.6 is 0 Å². The molecule has 7 heteroatoms. The van der Waals surface area contributed by atoms with Gasteiger partial charge in [-0.3, -0.25) is 9.69 Å². The van der Waals surface area contributed by atoms with Gasteiger partial charge in [0.1, 0.15) is 17.1 Å². The summed E-state index contributed by atoms with van der Waals surface area (Å²) >= 11 is 0. The number of benzene rings is 2. The Labute approximate surface area is 173 Å². The summed E-state index contributed by atoms with van der Waals surface area (Å²) in [6, 6.07) is 13.1. The van der Waals surface area contributed by atoms with Gasteiger partial charge < -0.3 is 14.1 Å². The monoisotopic (exact) mass is 410 g/mol. The van der Waals surface area contributed by atoms with E-state index in [4.69, 9.17) is 9.15 Å². The minimum Gasteiger partial charge on any atom is -0.494 e. The molecule has 0 atom stereocenters. The molecule has 0 saturated carbocycles. The summed E-state index contributed by atoms with van der Waals surface area (Å²) in [5.74, 6) is 0.159. The number of hydrogen-bond acceptors (Lipinski definition) is 5. The maximum absolute atomic E-state index is 13.9. The predicted octanol–water partition coefficient (Wildman–Crippen LogP) is 3.29. The lowest BCUT2D eigenvalue weighted by Gasteiger charge is -2.35. The Balaban J connectivity index is 1.49. The number of fused-ring (bicyclic) bond motifs is 1. The van der Waals surface area contributed by atoms with Gasteiger partial charge in [0, 0.05) is 55.8 Å². The van der Waals surface area contributed by atoms with Crippen molar-refractivity contribution in [2.45, 2.75) is 13.5 Å². The molecule has 0 N–H and O–H groups in total. The summed E-state index contributed by atoms with van der Waals surface area (Å²) in [6.07, 6.45) is 0. The number of piperazine rings is 1. The Bertz CT molecular complexity index is 1120. The molecule has 0 radical (unpaired) electrons. The van der Waals surface area contributed by atoms with Crippen LogP contribution in [0.15, 0.2) is 57.7 Å². The molecule has 1 amide bonds. The minimum absolute atomic E-state index is 0.206. The van der Waals surface area contributed by atoms with Crippen LogP contribution in [0.5, 0.6) is 5.75 Å². The lowest BCUT2D eigenvalue weighted by molar-refractivity contribution is 0.0628. The first-order chi connectivity index (χ1) is 14.5. The van der Waals surface area contributed by atoms with Crippen LogP contribution in [0.2, 0.25) is 0 Å². The van der Waals surface area contributed by atoms with Gasteiger partial charge in [-0.15, -0.1) is 0 Å². The van der Waals surface area contributed by atoms with Crippen molar-refractivity contribution in [2.24, 2.45) is 0 Å². The third kappa shape index (κ3) is 4.21. The van der Waals surface area contributed by atoms with Gasteiger partial charge in [0.05, 0.1) is 12.2 Å². The summed E-state index contributed by atoms with van der Waals surface area (Å²) in [7, 11) is 0. The van der Waals surface area contributed by atoms with Crippen LogP contribution in [0, 0.1) is 5.82 Å². The van der Waals surface area contributed by atoms with E-state index in [1.54, 1.807) is 35.2 Å². The van der Waals surface area contributed by atoms with Crippen LogP contribution in [-0.2, 0) is 6.54 Å². The fraction of sp³-hybridized carbons (Fsp3) is 0.304. The SMILES string of the molecule is CCOc1ccc2c(C(=O)N3CCN(Cc4ccccc4F)CC3)cc(=O)oc2c1. The zero-order valence-corrected chi connectivity index (χ0v) is 16.8. The molecule has 2 aromatic carbocycles. The van der Waals surface area contributed by atoms with Crippen molar-refractivity contribution in [3.63, 3.8) is 0 Å². The van der Waals surface area contributed by atoms with Crippen LogP contribution in [0.25, 0.3) is 11.0 Å². The van der Waals surface area contributed by atoms with E-state index in [0.29, 0.717) is 67.2 Å². The molecule has 30 heavy (non-hydrogen) atoms. The van der Waals surface area contributed by atoms with Crippen LogP contribution in [0.4, 0.5) is 4.39 Å². The molecule has 1 aliphatic heterocycles. The number of rotatable bonds is 5. The first kappa shape index (κ1) is 20.1. The van der Waals surface area contributed by atoms with E-state index < -0.39 is 5.63 Å². The highest BCUT2D eigenvalue weighted by molar-refractivity contribution is 6.05.